The van der Waals surface area contributed by atoms with E-state index in [1.165, 1.54) is 0 Å². The van der Waals surface area contributed by atoms with Gasteiger partial charge in [0.2, 0.25) is 0 Å². The second-order valence-electron chi connectivity index (χ2n) is 6.69. The maximum absolute atomic E-state index is 11.4. The van der Waals surface area contributed by atoms with Crippen LogP contribution in [0.4, 0.5) is 10.6 Å². The molecule has 2 aromatic rings. The van der Waals surface area contributed by atoms with Gasteiger partial charge in [-0.1, -0.05) is 29.8 Å². The second-order valence-corrected chi connectivity index (χ2v) is 7.12. The summed E-state index contributed by atoms with van der Waals surface area (Å²) in [6.07, 6.45) is -0.634. The van der Waals surface area contributed by atoms with E-state index < -0.39 is 18.6 Å². The molecule has 2 amide bonds. The number of alkyl carbamates (subject to hydrolysis) is 1. The van der Waals surface area contributed by atoms with Crippen molar-refractivity contribution in [2.24, 2.45) is 5.73 Å². The van der Waals surface area contributed by atoms with Crippen molar-refractivity contribution in [3.63, 3.8) is 0 Å². The van der Waals surface area contributed by atoms with Gasteiger partial charge in [0.25, 0.3) is 5.91 Å². The normalized spacial score (nSPS) is 14.4. The summed E-state index contributed by atoms with van der Waals surface area (Å²) in [6.45, 7) is 4.17. The third-order valence-electron chi connectivity index (χ3n) is 4.61. The van der Waals surface area contributed by atoms with Crippen LogP contribution in [0.2, 0.25) is 5.02 Å². The molecular weight excluding hydrogens is 394 g/mol. The number of nitrogens with zero attached hydrogens (tertiary/aromatic N) is 3. The summed E-state index contributed by atoms with van der Waals surface area (Å²) in [5, 5.41) is 3.32. The van der Waals surface area contributed by atoms with Crippen molar-refractivity contribution >= 4 is 29.4 Å². The first-order valence-corrected chi connectivity index (χ1v) is 9.78. The topological polar surface area (TPSA) is 101 Å². The maximum Gasteiger partial charge on any atom is 0.407 e. The molecule has 8 nitrogen and oxygen atoms in total. The summed E-state index contributed by atoms with van der Waals surface area (Å²) < 4.78 is 4.65. The molecule has 0 saturated carbocycles. The monoisotopic (exact) mass is 417 g/mol. The number of rotatable bonds is 7. The van der Waals surface area contributed by atoms with Crippen molar-refractivity contribution in [2.45, 2.75) is 0 Å². The van der Waals surface area contributed by atoms with Crippen LogP contribution in [0.1, 0.15) is 0 Å². The number of benzene rings is 1. The minimum absolute atomic E-state index is 0.410. The average Bonchev–Trinajstić information content (AvgIpc) is 2.73. The third-order valence-corrected chi connectivity index (χ3v) is 4.87. The Labute approximate surface area is 174 Å². The first-order valence-electron chi connectivity index (χ1n) is 9.40. The lowest BCUT2D eigenvalue weighted by Crippen LogP contribution is -2.48. The van der Waals surface area contributed by atoms with Crippen LogP contribution in [0.25, 0.3) is 11.3 Å². The predicted molar refractivity (Wildman–Crippen MR) is 112 cm³/mol. The van der Waals surface area contributed by atoms with Gasteiger partial charge in [-0.3, -0.25) is 9.69 Å². The van der Waals surface area contributed by atoms with E-state index in [4.69, 9.17) is 22.3 Å². The zero-order chi connectivity index (χ0) is 20.6. The minimum Gasteiger partial charge on any atom is -0.439 e. The summed E-state index contributed by atoms with van der Waals surface area (Å²) in [5.74, 6) is 0.273. The number of nitrogens with two attached hydrogens (primary N) is 1. The van der Waals surface area contributed by atoms with E-state index in [1.54, 1.807) is 0 Å². The molecule has 154 valence electrons. The zero-order valence-corrected chi connectivity index (χ0v) is 16.8. The summed E-state index contributed by atoms with van der Waals surface area (Å²) in [7, 11) is 0. The molecule has 9 heteroatoms. The van der Waals surface area contributed by atoms with Crippen molar-refractivity contribution in [1.82, 2.24) is 15.2 Å². The molecule has 1 aliphatic heterocycles. The molecule has 0 radical (unpaired) electrons. The summed E-state index contributed by atoms with van der Waals surface area (Å²) in [6, 6.07) is 13.7. The fourth-order valence-electron chi connectivity index (χ4n) is 3.09. The SMILES string of the molecule is NC(=O)COC(=O)NCCN1CCN(c2cccc(-c3ccc(Cl)cc3)n2)CC1. The van der Waals surface area contributed by atoms with Crippen LogP contribution in [-0.2, 0) is 9.53 Å². The van der Waals surface area contributed by atoms with Crippen molar-refractivity contribution in [3.05, 3.63) is 47.5 Å². The number of nitrogens with one attached hydrogen (secondary N) is 1. The Kier molecular flexibility index (Phi) is 7.26. The van der Waals surface area contributed by atoms with Gasteiger partial charge in [-0.2, -0.15) is 0 Å². The van der Waals surface area contributed by atoms with Crippen LogP contribution >= 0.6 is 11.6 Å². The average molecular weight is 418 g/mol. The lowest BCUT2D eigenvalue weighted by atomic mass is 10.1. The number of primary amides is 1. The standard InChI is InChI=1S/C20H24ClN5O3/c21-16-6-4-15(5-7-16)17-2-1-3-19(24-17)26-12-10-25(11-13-26)9-8-23-20(28)29-14-18(22)27/h1-7H,8-14H2,(H2,22,27)(H,23,28). The van der Waals surface area contributed by atoms with Gasteiger partial charge in [0.1, 0.15) is 5.82 Å². The minimum atomic E-state index is -0.676. The van der Waals surface area contributed by atoms with Gasteiger partial charge >= 0.3 is 6.09 Å². The first kappa shape index (κ1) is 20.9. The summed E-state index contributed by atoms with van der Waals surface area (Å²) in [4.78, 5) is 31.3. The molecule has 0 bridgehead atoms. The quantitative estimate of drug-likeness (QED) is 0.711. The summed E-state index contributed by atoms with van der Waals surface area (Å²) in [5.41, 5.74) is 6.88. The number of piperazine rings is 1. The van der Waals surface area contributed by atoms with Crippen LogP contribution in [0.15, 0.2) is 42.5 Å². The molecule has 0 atom stereocenters. The summed E-state index contributed by atoms with van der Waals surface area (Å²) >= 11 is 5.97. The van der Waals surface area contributed by atoms with E-state index in [9.17, 15) is 9.59 Å². The number of hydrogen-bond donors (Lipinski definition) is 2. The van der Waals surface area contributed by atoms with Crippen LogP contribution in [0.5, 0.6) is 0 Å². The molecule has 0 unspecified atom stereocenters. The highest BCUT2D eigenvalue weighted by Gasteiger charge is 2.18. The molecule has 1 saturated heterocycles. The number of hydrogen-bond acceptors (Lipinski definition) is 6. The van der Waals surface area contributed by atoms with Gasteiger partial charge in [-0.15, -0.1) is 0 Å². The van der Waals surface area contributed by atoms with Gasteiger partial charge in [-0.05, 0) is 24.3 Å². The molecular formula is C20H24ClN5O3. The highest BCUT2D eigenvalue weighted by atomic mass is 35.5. The second kappa shape index (κ2) is 10.1. The lowest BCUT2D eigenvalue weighted by molar-refractivity contribution is -0.120. The molecule has 1 fully saturated rings. The van der Waals surface area contributed by atoms with Crippen molar-refractivity contribution in [1.29, 1.82) is 0 Å². The Bertz CT molecular complexity index is 838. The Balaban J connectivity index is 1.46. The predicted octanol–water partition coefficient (Wildman–Crippen LogP) is 1.74. The van der Waals surface area contributed by atoms with E-state index in [2.05, 4.69) is 19.9 Å². The number of carbonyl (C=O) groups is 2. The van der Waals surface area contributed by atoms with Gasteiger partial charge in [0.15, 0.2) is 6.61 Å². The Hall–Kier alpha value is -2.84. The fraction of sp³-hybridized carbons (Fsp3) is 0.350. The smallest absolute Gasteiger partial charge is 0.407 e. The third kappa shape index (κ3) is 6.33. The Morgan fingerprint density at radius 2 is 1.83 bits per heavy atom. The van der Waals surface area contributed by atoms with Gasteiger partial charge < -0.3 is 20.7 Å². The molecule has 1 aromatic heterocycles. The molecule has 3 N–H and O–H groups in total. The highest BCUT2D eigenvalue weighted by molar-refractivity contribution is 6.30. The largest absolute Gasteiger partial charge is 0.439 e. The van der Waals surface area contributed by atoms with Crippen molar-refractivity contribution in [3.8, 4) is 11.3 Å². The molecule has 1 aromatic carbocycles. The molecule has 2 heterocycles. The van der Waals surface area contributed by atoms with E-state index in [0.29, 0.717) is 18.1 Å². The van der Waals surface area contributed by atoms with E-state index in [1.807, 2.05) is 42.5 Å². The first-order chi connectivity index (χ1) is 14.0. The van der Waals surface area contributed by atoms with Crippen LogP contribution < -0.4 is 16.0 Å². The maximum atomic E-state index is 11.4. The van der Waals surface area contributed by atoms with Crippen LogP contribution in [0.3, 0.4) is 0 Å². The van der Waals surface area contributed by atoms with Crippen molar-refractivity contribution < 1.29 is 14.3 Å². The number of pyridine rings is 1. The Morgan fingerprint density at radius 1 is 1.10 bits per heavy atom. The molecule has 0 aliphatic carbocycles. The molecule has 3 rings (SSSR count). The zero-order valence-electron chi connectivity index (χ0n) is 16.0. The van der Waals surface area contributed by atoms with Gasteiger partial charge in [-0.25, -0.2) is 9.78 Å². The van der Waals surface area contributed by atoms with Crippen LogP contribution in [-0.4, -0.2) is 67.8 Å². The highest BCUT2D eigenvalue weighted by Crippen LogP contribution is 2.23. The van der Waals surface area contributed by atoms with E-state index >= 15 is 0 Å². The van der Waals surface area contributed by atoms with Gasteiger partial charge in [0.05, 0.1) is 5.69 Å². The fourth-order valence-corrected chi connectivity index (χ4v) is 3.21. The number of carbonyl (C=O) groups excluding carboxylic acids is 2. The lowest BCUT2D eigenvalue weighted by Gasteiger charge is -2.35. The molecule has 1 aliphatic rings. The van der Waals surface area contributed by atoms with Crippen LogP contribution in [0, 0.1) is 0 Å². The number of anilines is 1. The van der Waals surface area contributed by atoms with Gasteiger partial charge in [0, 0.05) is 49.9 Å². The Morgan fingerprint density at radius 3 is 2.52 bits per heavy atom. The number of amides is 2. The van der Waals surface area contributed by atoms with E-state index in [-0.39, 0.29) is 0 Å². The van der Waals surface area contributed by atoms with E-state index in [0.717, 1.165) is 43.3 Å². The number of aromatic nitrogens is 1. The van der Waals surface area contributed by atoms with Crippen molar-refractivity contribution in [2.75, 3.05) is 50.8 Å². The molecule has 0 spiro atoms. The number of halogens is 1. The number of ether oxygens (including phenoxy) is 1. The molecule has 29 heavy (non-hydrogen) atoms.